The predicted octanol–water partition coefficient (Wildman–Crippen LogP) is -1.19. The van der Waals surface area contributed by atoms with Crippen molar-refractivity contribution in [1.29, 1.82) is 0 Å². The Morgan fingerprint density at radius 1 is 1.73 bits per heavy atom. The summed E-state index contributed by atoms with van der Waals surface area (Å²) < 4.78 is 0. The zero-order chi connectivity index (χ0) is 8.32. The van der Waals surface area contributed by atoms with Crippen LogP contribution >= 0.6 is 0 Å². The minimum atomic E-state index is -0.448. The van der Waals surface area contributed by atoms with Gasteiger partial charge in [-0.2, -0.15) is 0 Å². The van der Waals surface area contributed by atoms with Gasteiger partial charge in [-0.3, -0.25) is 4.79 Å². The molecule has 4 heteroatoms. The second-order valence-electron chi connectivity index (χ2n) is 2.98. The largest absolute Gasteiger partial charge is 0.368 e. The van der Waals surface area contributed by atoms with Gasteiger partial charge in [0.1, 0.15) is 5.54 Å². The zero-order valence-corrected chi connectivity index (χ0v) is 6.81. The zero-order valence-electron chi connectivity index (χ0n) is 6.81. The molecule has 4 N–H and O–H groups in total. The fourth-order valence-electron chi connectivity index (χ4n) is 1.13. The standard InChI is InChI=1S/C7H15N3O/c1-2-3-10-7(6(8)11)4-9-5-7/h9-10H,2-5H2,1H3,(H2,8,11). The second-order valence-corrected chi connectivity index (χ2v) is 2.98. The van der Waals surface area contributed by atoms with Crippen LogP contribution in [0.15, 0.2) is 0 Å². The molecule has 1 fully saturated rings. The molecule has 0 radical (unpaired) electrons. The number of hydrogen-bond acceptors (Lipinski definition) is 3. The van der Waals surface area contributed by atoms with E-state index < -0.39 is 5.54 Å². The molecule has 0 aromatic rings. The number of nitrogens with one attached hydrogen (secondary N) is 2. The highest BCUT2D eigenvalue weighted by molar-refractivity contribution is 5.86. The molecule has 0 aliphatic carbocycles. The van der Waals surface area contributed by atoms with Crippen molar-refractivity contribution in [3.63, 3.8) is 0 Å². The van der Waals surface area contributed by atoms with Crippen LogP contribution in [-0.4, -0.2) is 31.1 Å². The van der Waals surface area contributed by atoms with E-state index in [4.69, 9.17) is 5.73 Å². The number of hydrogen-bond donors (Lipinski definition) is 3. The Morgan fingerprint density at radius 2 is 2.36 bits per heavy atom. The lowest BCUT2D eigenvalue weighted by atomic mass is 9.91. The Bertz CT molecular complexity index is 154. The second kappa shape index (κ2) is 3.19. The maximum atomic E-state index is 10.9. The van der Waals surface area contributed by atoms with Gasteiger partial charge in [0.15, 0.2) is 0 Å². The average molecular weight is 157 g/mol. The van der Waals surface area contributed by atoms with E-state index >= 15 is 0 Å². The molecule has 0 aromatic carbocycles. The molecule has 1 saturated heterocycles. The summed E-state index contributed by atoms with van der Waals surface area (Å²) in [6.07, 6.45) is 1.02. The van der Waals surface area contributed by atoms with E-state index in [1.54, 1.807) is 0 Å². The quantitative estimate of drug-likeness (QED) is 0.481. The number of rotatable bonds is 4. The van der Waals surface area contributed by atoms with Crippen molar-refractivity contribution in [3.05, 3.63) is 0 Å². The number of nitrogens with two attached hydrogens (primary N) is 1. The van der Waals surface area contributed by atoms with Crippen LogP contribution in [0.1, 0.15) is 13.3 Å². The molecule has 1 heterocycles. The first kappa shape index (κ1) is 8.49. The maximum absolute atomic E-state index is 10.9. The third-order valence-electron chi connectivity index (χ3n) is 2.04. The topological polar surface area (TPSA) is 67.1 Å². The summed E-state index contributed by atoms with van der Waals surface area (Å²) in [5, 5.41) is 6.17. The molecular weight excluding hydrogens is 142 g/mol. The SMILES string of the molecule is CCCNC1(C(N)=O)CNC1. The van der Waals surface area contributed by atoms with Crippen molar-refractivity contribution in [2.75, 3.05) is 19.6 Å². The molecule has 0 bridgehead atoms. The van der Waals surface area contributed by atoms with E-state index in [1.165, 1.54) is 0 Å². The van der Waals surface area contributed by atoms with Crippen LogP contribution in [0.2, 0.25) is 0 Å². The molecule has 64 valence electrons. The monoisotopic (exact) mass is 157 g/mol. The van der Waals surface area contributed by atoms with Crippen molar-refractivity contribution < 1.29 is 4.79 Å². The smallest absolute Gasteiger partial charge is 0.240 e. The predicted molar refractivity (Wildman–Crippen MR) is 43.1 cm³/mol. The van der Waals surface area contributed by atoms with Gasteiger partial charge in [-0.25, -0.2) is 0 Å². The van der Waals surface area contributed by atoms with Crippen LogP contribution in [0.25, 0.3) is 0 Å². The first-order valence-corrected chi connectivity index (χ1v) is 3.97. The minimum absolute atomic E-state index is 0.246. The molecule has 0 unspecified atom stereocenters. The summed E-state index contributed by atoms with van der Waals surface area (Å²) in [4.78, 5) is 10.9. The molecule has 0 atom stereocenters. The number of primary amides is 1. The molecule has 0 saturated carbocycles. The van der Waals surface area contributed by atoms with Gasteiger partial charge >= 0.3 is 0 Å². The number of amides is 1. The Morgan fingerprint density at radius 3 is 2.64 bits per heavy atom. The highest BCUT2D eigenvalue weighted by Gasteiger charge is 2.41. The van der Waals surface area contributed by atoms with Gasteiger partial charge in [0.05, 0.1) is 0 Å². The molecule has 1 aliphatic heterocycles. The van der Waals surface area contributed by atoms with Crippen molar-refractivity contribution in [2.45, 2.75) is 18.9 Å². The van der Waals surface area contributed by atoms with Crippen molar-refractivity contribution in [2.24, 2.45) is 5.73 Å². The van der Waals surface area contributed by atoms with Crippen LogP contribution in [0.3, 0.4) is 0 Å². The van der Waals surface area contributed by atoms with Crippen molar-refractivity contribution >= 4 is 5.91 Å². The normalized spacial score (nSPS) is 20.8. The molecule has 1 amide bonds. The van der Waals surface area contributed by atoms with Gasteiger partial charge < -0.3 is 16.4 Å². The highest BCUT2D eigenvalue weighted by atomic mass is 16.1. The Hall–Kier alpha value is -0.610. The van der Waals surface area contributed by atoms with Gasteiger partial charge in [-0.05, 0) is 13.0 Å². The van der Waals surface area contributed by atoms with Crippen molar-refractivity contribution in [3.8, 4) is 0 Å². The summed E-state index contributed by atoms with van der Waals surface area (Å²) in [5.41, 5.74) is 4.78. The Labute approximate surface area is 66.5 Å². The Balaban J connectivity index is 2.40. The fourth-order valence-corrected chi connectivity index (χ4v) is 1.13. The number of carbonyl (C=O) groups is 1. The van der Waals surface area contributed by atoms with E-state index in [2.05, 4.69) is 17.6 Å². The third-order valence-corrected chi connectivity index (χ3v) is 2.04. The van der Waals surface area contributed by atoms with E-state index in [9.17, 15) is 4.79 Å². The number of carbonyl (C=O) groups excluding carboxylic acids is 1. The molecular formula is C7H15N3O. The van der Waals surface area contributed by atoms with Gasteiger partial charge in [-0.1, -0.05) is 6.92 Å². The van der Waals surface area contributed by atoms with Gasteiger partial charge in [0.2, 0.25) is 5.91 Å². The van der Waals surface area contributed by atoms with E-state index in [-0.39, 0.29) is 5.91 Å². The molecule has 1 rings (SSSR count). The van der Waals surface area contributed by atoms with Gasteiger partial charge in [-0.15, -0.1) is 0 Å². The molecule has 0 aromatic heterocycles. The lowest BCUT2D eigenvalue weighted by Gasteiger charge is -2.40. The lowest BCUT2D eigenvalue weighted by molar-refractivity contribution is -0.126. The summed E-state index contributed by atoms with van der Waals surface area (Å²) in [7, 11) is 0. The van der Waals surface area contributed by atoms with Crippen LogP contribution in [0.4, 0.5) is 0 Å². The van der Waals surface area contributed by atoms with Gasteiger partial charge in [0.25, 0.3) is 0 Å². The fraction of sp³-hybridized carbons (Fsp3) is 0.857. The molecule has 0 spiro atoms. The molecule has 4 nitrogen and oxygen atoms in total. The van der Waals surface area contributed by atoms with E-state index in [0.717, 1.165) is 13.0 Å². The molecule has 11 heavy (non-hydrogen) atoms. The van der Waals surface area contributed by atoms with Gasteiger partial charge in [0, 0.05) is 13.1 Å². The Kier molecular flexibility index (Phi) is 2.46. The first-order valence-electron chi connectivity index (χ1n) is 3.97. The molecule has 1 aliphatic rings. The summed E-state index contributed by atoms with van der Waals surface area (Å²) in [6.45, 7) is 4.25. The van der Waals surface area contributed by atoms with E-state index in [1.807, 2.05) is 0 Å². The summed E-state index contributed by atoms with van der Waals surface area (Å²) >= 11 is 0. The van der Waals surface area contributed by atoms with Crippen LogP contribution in [0.5, 0.6) is 0 Å². The lowest BCUT2D eigenvalue weighted by Crippen LogP contribution is -2.73. The van der Waals surface area contributed by atoms with Crippen LogP contribution in [0, 0.1) is 0 Å². The highest BCUT2D eigenvalue weighted by Crippen LogP contribution is 2.09. The maximum Gasteiger partial charge on any atom is 0.240 e. The average Bonchev–Trinajstić information content (AvgIpc) is 1.85. The summed E-state index contributed by atoms with van der Waals surface area (Å²) in [5.74, 6) is -0.246. The van der Waals surface area contributed by atoms with E-state index in [0.29, 0.717) is 13.1 Å². The third kappa shape index (κ3) is 1.52. The van der Waals surface area contributed by atoms with Crippen LogP contribution < -0.4 is 16.4 Å². The van der Waals surface area contributed by atoms with Crippen molar-refractivity contribution in [1.82, 2.24) is 10.6 Å². The van der Waals surface area contributed by atoms with Crippen LogP contribution in [-0.2, 0) is 4.79 Å². The first-order chi connectivity index (χ1) is 5.21. The minimum Gasteiger partial charge on any atom is -0.368 e. The summed E-state index contributed by atoms with van der Waals surface area (Å²) in [6, 6.07) is 0.